The van der Waals surface area contributed by atoms with E-state index in [9.17, 15) is 9.59 Å². The number of aryl methyl sites for hydroxylation is 1. The molecule has 2 N–H and O–H groups in total. The number of benzene rings is 1. The van der Waals surface area contributed by atoms with Gasteiger partial charge in [0.15, 0.2) is 0 Å². The Labute approximate surface area is 189 Å². The smallest absolute Gasteiger partial charge is 0.410 e. The lowest BCUT2D eigenvalue weighted by molar-refractivity contribution is 0.0801. The maximum atomic E-state index is 12.6. The molecule has 1 saturated carbocycles. The van der Waals surface area contributed by atoms with Crippen molar-refractivity contribution in [3.05, 3.63) is 59.3 Å². The van der Waals surface area contributed by atoms with Crippen LogP contribution in [-0.2, 0) is 11.3 Å². The van der Waals surface area contributed by atoms with E-state index in [2.05, 4.69) is 15.6 Å². The van der Waals surface area contributed by atoms with Crippen molar-refractivity contribution in [2.45, 2.75) is 51.7 Å². The Morgan fingerprint density at radius 1 is 1.09 bits per heavy atom. The molecule has 2 aliphatic rings. The van der Waals surface area contributed by atoms with Gasteiger partial charge < -0.3 is 20.3 Å². The van der Waals surface area contributed by atoms with Gasteiger partial charge in [-0.15, -0.1) is 0 Å². The van der Waals surface area contributed by atoms with Gasteiger partial charge in [-0.25, -0.2) is 9.78 Å². The van der Waals surface area contributed by atoms with Crippen LogP contribution in [0.5, 0.6) is 0 Å². The number of carbonyl (C=O) groups is 2. The minimum absolute atomic E-state index is 0.0796. The van der Waals surface area contributed by atoms with Crippen LogP contribution >= 0.6 is 0 Å². The van der Waals surface area contributed by atoms with Gasteiger partial charge in [0.2, 0.25) is 0 Å². The van der Waals surface area contributed by atoms with Crippen LogP contribution in [0, 0.1) is 12.8 Å². The van der Waals surface area contributed by atoms with Crippen LogP contribution in [-0.4, -0.2) is 47.6 Å². The van der Waals surface area contributed by atoms with Crippen molar-refractivity contribution in [2.75, 3.05) is 25.0 Å². The zero-order chi connectivity index (χ0) is 22.3. The molecule has 1 aromatic heterocycles. The number of piperidine rings is 1. The molecule has 1 aromatic carbocycles. The number of hydrogen-bond acceptors (Lipinski definition) is 5. The standard InChI is InChI=1S/C25H32N4O3/c1-18-5-7-20(8-6-18)17-32-25(31)29-13-10-19(11-14-29)16-27-24(30)21-9-12-26-23(15-21)28-22-3-2-4-22/h5-9,12,15,19,22H,2-4,10-11,13-14,16-17H2,1H3,(H,26,28)(H,27,30). The SMILES string of the molecule is Cc1ccc(COC(=O)N2CCC(CNC(=O)c3ccnc(NC4CCC4)c3)CC2)cc1. The predicted molar refractivity (Wildman–Crippen MR) is 123 cm³/mol. The summed E-state index contributed by atoms with van der Waals surface area (Å²) < 4.78 is 5.45. The molecular formula is C25H32N4O3. The molecule has 7 heteroatoms. The molecule has 7 nitrogen and oxygen atoms in total. The molecule has 0 bridgehead atoms. The Kier molecular flexibility index (Phi) is 7.24. The summed E-state index contributed by atoms with van der Waals surface area (Å²) in [5, 5.41) is 6.42. The molecule has 0 radical (unpaired) electrons. The van der Waals surface area contributed by atoms with E-state index in [1.165, 1.54) is 12.0 Å². The van der Waals surface area contributed by atoms with Gasteiger partial charge in [0.25, 0.3) is 5.91 Å². The van der Waals surface area contributed by atoms with Crippen molar-refractivity contribution in [2.24, 2.45) is 5.92 Å². The lowest BCUT2D eigenvalue weighted by atomic mass is 9.93. The number of hydrogen-bond donors (Lipinski definition) is 2. The third kappa shape index (κ3) is 5.99. The van der Waals surface area contributed by atoms with Gasteiger partial charge in [0.1, 0.15) is 12.4 Å². The lowest BCUT2D eigenvalue weighted by Crippen LogP contribution is -2.41. The highest BCUT2D eigenvalue weighted by molar-refractivity contribution is 5.94. The lowest BCUT2D eigenvalue weighted by Gasteiger charge is -2.31. The van der Waals surface area contributed by atoms with E-state index in [4.69, 9.17) is 4.74 Å². The summed E-state index contributed by atoms with van der Waals surface area (Å²) in [6.45, 7) is 4.23. The third-order valence-electron chi connectivity index (χ3n) is 6.39. The van der Waals surface area contributed by atoms with E-state index >= 15 is 0 Å². The average molecular weight is 437 g/mol. The zero-order valence-corrected chi connectivity index (χ0v) is 18.7. The number of aromatic nitrogens is 1. The summed E-state index contributed by atoms with van der Waals surface area (Å²) in [4.78, 5) is 31.0. The van der Waals surface area contributed by atoms with Crippen molar-refractivity contribution in [1.82, 2.24) is 15.2 Å². The van der Waals surface area contributed by atoms with E-state index in [0.717, 1.165) is 37.1 Å². The molecule has 0 unspecified atom stereocenters. The van der Waals surface area contributed by atoms with Crippen LogP contribution in [0.3, 0.4) is 0 Å². The Morgan fingerprint density at radius 2 is 1.84 bits per heavy atom. The third-order valence-corrected chi connectivity index (χ3v) is 6.39. The van der Waals surface area contributed by atoms with Crippen LogP contribution in [0.15, 0.2) is 42.6 Å². The van der Waals surface area contributed by atoms with Gasteiger partial charge >= 0.3 is 6.09 Å². The van der Waals surface area contributed by atoms with E-state index < -0.39 is 0 Å². The molecule has 2 amide bonds. The molecule has 4 rings (SSSR count). The van der Waals surface area contributed by atoms with Crippen LogP contribution < -0.4 is 10.6 Å². The average Bonchev–Trinajstić information content (AvgIpc) is 2.80. The molecule has 2 fully saturated rings. The highest BCUT2D eigenvalue weighted by Crippen LogP contribution is 2.22. The van der Waals surface area contributed by atoms with Crippen LogP contribution in [0.4, 0.5) is 10.6 Å². The molecule has 1 saturated heterocycles. The molecule has 1 aliphatic heterocycles. The van der Waals surface area contributed by atoms with E-state index in [-0.39, 0.29) is 12.0 Å². The number of rotatable bonds is 7. The number of anilines is 1. The fourth-order valence-electron chi connectivity index (χ4n) is 3.99. The summed E-state index contributed by atoms with van der Waals surface area (Å²) in [6, 6.07) is 12.0. The van der Waals surface area contributed by atoms with Gasteiger partial charge in [-0.05, 0) is 62.6 Å². The molecule has 32 heavy (non-hydrogen) atoms. The van der Waals surface area contributed by atoms with Crippen molar-refractivity contribution in [3.8, 4) is 0 Å². The minimum Gasteiger partial charge on any atom is -0.445 e. The van der Waals surface area contributed by atoms with Crippen molar-refractivity contribution >= 4 is 17.8 Å². The molecule has 0 spiro atoms. The number of carbonyl (C=O) groups excluding carboxylic acids is 2. The van der Waals surface area contributed by atoms with Crippen LogP contribution in [0.1, 0.15) is 53.6 Å². The highest BCUT2D eigenvalue weighted by Gasteiger charge is 2.24. The summed E-state index contributed by atoms with van der Waals surface area (Å²) in [7, 11) is 0. The van der Waals surface area contributed by atoms with Crippen molar-refractivity contribution in [3.63, 3.8) is 0 Å². The number of nitrogens with one attached hydrogen (secondary N) is 2. The summed E-state index contributed by atoms with van der Waals surface area (Å²) in [5.74, 6) is 1.04. The fourth-order valence-corrected chi connectivity index (χ4v) is 3.99. The predicted octanol–water partition coefficient (Wildman–Crippen LogP) is 4.13. The number of likely N-dealkylation sites (tertiary alicyclic amines) is 1. The highest BCUT2D eigenvalue weighted by atomic mass is 16.6. The number of ether oxygens (including phenoxy) is 1. The van der Waals surface area contributed by atoms with Gasteiger partial charge in [-0.2, -0.15) is 0 Å². The number of amides is 2. The first-order valence-electron chi connectivity index (χ1n) is 11.5. The first-order chi connectivity index (χ1) is 15.6. The Bertz CT molecular complexity index is 919. The topological polar surface area (TPSA) is 83.6 Å². The van der Waals surface area contributed by atoms with Crippen LogP contribution in [0.2, 0.25) is 0 Å². The van der Waals surface area contributed by atoms with Crippen molar-refractivity contribution < 1.29 is 14.3 Å². The summed E-state index contributed by atoms with van der Waals surface area (Å²) in [5.41, 5.74) is 2.80. The minimum atomic E-state index is -0.267. The van der Waals surface area contributed by atoms with Gasteiger partial charge in [-0.1, -0.05) is 29.8 Å². The quantitative estimate of drug-likeness (QED) is 0.682. The normalized spacial score (nSPS) is 16.8. The first-order valence-corrected chi connectivity index (χ1v) is 11.5. The fraction of sp³-hybridized carbons (Fsp3) is 0.480. The molecule has 0 atom stereocenters. The Morgan fingerprint density at radius 3 is 2.53 bits per heavy atom. The largest absolute Gasteiger partial charge is 0.445 e. The molecule has 170 valence electrons. The second-order valence-corrected chi connectivity index (χ2v) is 8.88. The van der Waals surface area contributed by atoms with Crippen LogP contribution in [0.25, 0.3) is 0 Å². The second kappa shape index (κ2) is 10.5. The molecule has 2 aromatic rings. The molecule has 2 heterocycles. The summed E-state index contributed by atoms with van der Waals surface area (Å²) >= 11 is 0. The van der Waals surface area contributed by atoms with Gasteiger partial charge in [-0.3, -0.25) is 4.79 Å². The molecule has 1 aliphatic carbocycles. The van der Waals surface area contributed by atoms with Gasteiger partial charge in [0, 0.05) is 37.4 Å². The molecular weight excluding hydrogens is 404 g/mol. The van der Waals surface area contributed by atoms with Crippen molar-refractivity contribution in [1.29, 1.82) is 0 Å². The maximum Gasteiger partial charge on any atom is 0.410 e. The Balaban J connectivity index is 1.17. The second-order valence-electron chi connectivity index (χ2n) is 8.88. The maximum absolute atomic E-state index is 12.6. The van der Waals surface area contributed by atoms with E-state index in [1.807, 2.05) is 37.3 Å². The first kappa shape index (κ1) is 22.1. The number of nitrogens with zero attached hydrogens (tertiary/aromatic N) is 2. The zero-order valence-electron chi connectivity index (χ0n) is 18.7. The number of pyridine rings is 1. The van der Waals surface area contributed by atoms with E-state index in [1.54, 1.807) is 17.2 Å². The Hall–Kier alpha value is -3.09. The van der Waals surface area contributed by atoms with E-state index in [0.29, 0.717) is 43.8 Å². The summed E-state index contributed by atoms with van der Waals surface area (Å²) in [6.07, 6.45) is 6.69. The monoisotopic (exact) mass is 436 g/mol. The van der Waals surface area contributed by atoms with Gasteiger partial charge in [0.05, 0.1) is 0 Å².